The van der Waals surface area contributed by atoms with Gasteiger partial charge in [0.25, 0.3) is 0 Å². The molecule has 0 radical (unpaired) electrons. The van der Waals surface area contributed by atoms with Crippen LogP contribution in [-0.2, 0) is 27.7 Å². The topological polar surface area (TPSA) is 37.3 Å². The molecule has 2 nitrogen and oxygen atoms in total. The molecule has 1 rings (SSSR count). The van der Waals surface area contributed by atoms with E-state index in [-0.39, 0.29) is 27.7 Å². The van der Waals surface area contributed by atoms with E-state index in [0.29, 0.717) is 5.56 Å². The van der Waals surface area contributed by atoms with E-state index in [1.54, 1.807) is 23.9 Å². The van der Waals surface area contributed by atoms with E-state index >= 15 is 0 Å². The molecule has 0 unspecified atom stereocenters. The summed E-state index contributed by atoms with van der Waals surface area (Å²) < 4.78 is 1.19. The van der Waals surface area contributed by atoms with Crippen molar-refractivity contribution in [2.75, 3.05) is 5.75 Å². The van der Waals surface area contributed by atoms with Gasteiger partial charge in [-0.3, -0.25) is 0 Å². The first-order chi connectivity index (χ1) is 6.25. The second-order valence-corrected chi connectivity index (χ2v) is 4.79. The molecule has 0 amide bonds. The average molecular weight is 405 g/mol. The van der Waals surface area contributed by atoms with E-state index < -0.39 is 5.97 Å². The summed E-state index contributed by atoms with van der Waals surface area (Å²) in [6.45, 7) is 0. The number of hydrogen-bond acceptors (Lipinski definition) is 2. The van der Waals surface area contributed by atoms with Crippen LogP contribution in [0.5, 0.6) is 0 Å². The largest absolute Gasteiger partial charge is 0 e. The van der Waals surface area contributed by atoms with Crippen LogP contribution in [0.15, 0.2) is 29.2 Å². The molecule has 0 bridgehead atoms. The van der Waals surface area contributed by atoms with E-state index in [1.807, 2.05) is 12.1 Å². The first-order valence-electron chi connectivity index (χ1n) is 4.20. The van der Waals surface area contributed by atoms with Crippen molar-refractivity contribution < 1.29 is 37.6 Å². The van der Waals surface area contributed by atoms with Crippen molar-refractivity contribution in [2.24, 2.45) is 0 Å². The standard InChI is InChI=1S/C9H9O2S.Hg.Na/c1-2-12-8-6-4-3-5-7(8)9(10)11;;/h3-6H,1-2H2,(H,10,11);;. The first-order valence-corrected chi connectivity index (χ1v) is 6.60. The molecular weight excluding hydrogens is 396 g/mol. The molecule has 0 aliphatic rings. The molecule has 0 atom stereocenters. The summed E-state index contributed by atoms with van der Waals surface area (Å²) in [6.07, 6.45) is 0. The third-order valence-corrected chi connectivity index (χ3v) is 4.08. The van der Waals surface area contributed by atoms with Crippen LogP contribution in [0.3, 0.4) is 0 Å². The van der Waals surface area contributed by atoms with Crippen molar-refractivity contribution in [3.63, 3.8) is 0 Å². The van der Waals surface area contributed by atoms with Gasteiger partial charge in [0.2, 0.25) is 0 Å². The van der Waals surface area contributed by atoms with Gasteiger partial charge in [-0.2, -0.15) is 0 Å². The van der Waals surface area contributed by atoms with Gasteiger partial charge >= 0.3 is 99.7 Å². The summed E-state index contributed by atoms with van der Waals surface area (Å²) in [5.74, 6) is 0.188. The maximum absolute atomic E-state index is 10.8. The average Bonchev–Trinajstić information content (AvgIpc) is 2.15. The Morgan fingerprint density at radius 2 is 2.07 bits per heavy atom. The van der Waals surface area contributed by atoms with Gasteiger partial charge in [-0.05, 0) is 0 Å². The quantitative estimate of drug-likeness (QED) is 0.616. The van der Waals surface area contributed by atoms with E-state index in [9.17, 15) is 4.79 Å². The van der Waals surface area contributed by atoms with Crippen LogP contribution >= 0.6 is 11.8 Å². The molecule has 0 saturated heterocycles. The van der Waals surface area contributed by atoms with Crippen molar-refractivity contribution in [3.8, 4) is 0 Å². The fraction of sp³-hybridized carbons (Fsp3) is 0.222. The zero-order chi connectivity index (χ0) is 9.68. The van der Waals surface area contributed by atoms with Crippen LogP contribution in [0.25, 0.3) is 0 Å². The number of hydrogen-bond donors (Lipinski definition) is 1. The van der Waals surface area contributed by atoms with Crippen LogP contribution in [0.2, 0.25) is 3.67 Å². The smallest absolute Gasteiger partial charge is 0 e. The summed E-state index contributed by atoms with van der Waals surface area (Å²) in [7, 11) is 0. The van der Waals surface area contributed by atoms with E-state index in [0.717, 1.165) is 10.6 Å². The predicted molar refractivity (Wildman–Crippen MR) is 54.7 cm³/mol. The van der Waals surface area contributed by atoms with Crippen molar-refractivity contribution >= 4 is 45.7 Å². The normalized spacial score (nSPS) is 9.29. The Morgan fingerprint density at radius 1 is 1.43 bits per heavy atom. The molecule has 1 N–H and O–H groups in total. The third-order valence-electron chi connectivity index (χ3n) is 1.58. The van der Waals surface area contributed by atoms with E-state index in [2.05, 4.69) is 0 Å². The van der Waals surface area contributed by atoms with Gasteiger partial charge in [-0.15, -0.1) is 0 Å². The van der Waals surface area contributed by atoms with Crippen molar-refractivity contribution in [1.29, 1.82) is 0 Å². The van der Waals surface area contributed by atoms with Crippen LogP contribution in [-0.4, -0.2) is 44.8 Å². The third kappa shape index (κ3) is 4.66. The minimum atomic E-state index is -0.837. The SMILES string of the molecule is O=C(O)c1ccccc1SC[CH2][Na].[Hg]. The number of carboxylic acid groups (broad SMARTS) is 1. The molecule has 0 spiro atoms. The Bertz CT molecular complexity index is 307. The fourth-order valence-corrected chi connectivity index (χ4v) is 2.50. The molecule has 0 saturated carbocycles. The van der Waals surface area contributed by atoms with Gasteiger partial charge in [0.15, 0.2) is 0 Å². The Labute approximate surface area is 126 Å². The van der Waals surface area contributed by atoms with Gasteiger partial charge in [0.05, 0.1) is 0 Å². The molecule has 0 aliphatic carbocycles. The van der Waals surface area contributed by atoms with Crippen LogP contribution in [0.4, 0.5) is 0 Å². The zero-order valence-corrected chi connectivity index (χ0v) is 16.5. The summed E-state index contributed by atoms with van der Waals surface area (Å²) >= 11 is 2.80. The molecule has 1 aromatic carbocycles. The number of carboxylic acids is 1. The van der Waals surface area contributed by atoms with Crippen molar-refractivity contribution in [1.82, 2.24) is 0 Å². The van der Waals surface area contributed by atoms with Crippen LogP contribution in [0.1, 0.15) is 10.4 Å². The van der Waals surface area contributed by atoms with Crippen LogP contribution < -0.4 is 0 Å². The molecule has 0 fully saturated rings. The minimum Gasteiger partial charge on any atom is 0 e. The summed E-state index contributed by atoms with van der Waals surface area (Å²) in [4.78, 5) is 11.7. The first kappa shape index (κ1) is 15.0. The molecule has 5 heteroatoms. The number of aromatic carboxylic acids is 1. The van der Waals surface area contributed by atoms with Gasteiger partial charge in [0, 0.05) is 27.7 Å². The number of thioether (sulfide) groups is 1. The molecule has 0 aliphatic heterocycles. The summed E-state index contributed by atoms with van der Waals surface area (Å²) in [6, 6.07) is 7.15. The second-order valence-electron chi connectivity index (χ2n) is 2.65. The molecule has 0 aromatic heterocycles. The minimum absolute atomic E-state index is 0. The predicted octanol–water partition coefficient (Wildman–Crippen LogP) is 2.06. The molecule has 1 aromatic rings. The molecular formula is C9H9HgNaO2S. The molecule has 14 heavy (non-hydrogen) atoms. The number of benzene rings is 1. The maximum atomic E-state index is 10.8. The van der Waals surface area contributed by atoms with Gasteiger partial charge in [-0.1, -0.05) is 0 Å². The second kappa shape index (κ2) is 8.16. The molecule has 0 heterocycles. The summed E-state index contributed by atoms with van der Waals surface area (Å²) in [5.41, 5.74) is 0.419. The van der Waals surface area contributed by atoms with Gasteiger partial charge < -0.3 is 0 Å². The Balaban J connectivity index is 0.00000169. The Kier molecular flexibility index (Phi) is 8.73. The monoisotopic (exact) mass is 406 g/mol. The maximum Gasteiger partial charge on any atom is 0 e. The van der Waals surface area contributed by atoms with Gasteiger partial charge in [-0.25, -0.2) is 0 Å². The zero-order valence-electron chi connectivity index (χ0n) is 8.19. The Hall–Kier alpha value is 0.975. The van der Waals surface area contributed by atoms with E-state index in [1.165, 1.54) is 31.6 Å². The fourth-order valence-electron chi connectivity index (χ4n) is 0.981. The Morgan fingerprint density at radius 3 is 2.64 bits per heavy atom. The molecule has 66 valence electrons. The van der Waals surface area contributed by atoms with Crippen molar-refractivity contribution in [3.05, 3.63) is 29.8 Å². The number of rotatable bonds is 4. The van der Waals surface area contributed by atoms with Gasteiger partial charge in [0.1, 0.15) is 0 Å². The van der Waals surface area contributed by atoms with E-state index in [4.69, 9.17) is 5.11 Å². The summed E-state index contributed by atoms with van der Waals surface area (Å²) in [5, 5.41) is 8.86. The number of carbonyl (C=O) groups is 1. The van der Waals surface area contributed by atoms with Crippen molar-refractivity contribution in [2.45, 2.75) is 8.57 Å². The van der Waals surface area contributed by atoms with Crippen LogP contribution in [0, 0.1) is 0 Å².